The van der Waals surface area contributed by atoms with Crippen LogP contribution in [0.25, 0.3) is 0 Å². The molecule has 0 amide bonds. The highest BCUT2D eigenvalue weighted by Gasteiger charge is 1.72. The van der Waals surface area contributed by atoms with E-state index in [0.29, 0.717) is 0 Å². The van der Waals surface area contributed by atoms with Gasteiger partial charge in [0.2, 0.25) is 0 Å². The summed E-state index contributed by atoms with van der Waals surface area (Å²) >= 11 is 2.92. The maximum Gasteiger partial charge on any atom is 0.181 e. The molecule has 0 nitrogen and oxygen atoms in total. The van der Waals surface area contributed by atoms with Crippen LogP contribution in [-0.2, 0) is 0 Å². The van der Waals surface area contributed by atoms with Crippen molar-refractivity contribution in [1.82, 2.24) is 0 Å². The van der Waals surface area contributed by atoms with E-state index in [4.69, 9.17) is 0 Å². The lowest BCUT2D eigenvalue weighted by Crippen LogP contribution is -1.39. The molecule has 0 atom stereocenters. The van der Waals surface area contributed by atoms with Gasteiger partial charge in [-0.25, -0.2) is 4.39 Å². The van der Waals surface area contributed by atoms with Crippen molar-refractivity contribution in [2.24, 2.45) is 0 Å². The Hall–Kier alpha value is -0.0500. The zero-order chi connectivity index (χ0) is 4.28. The normalized spacial score (nSPS) is 12.2. The molecule has 5 heavy (non-hydrogen) atoms. The summed E-state index contributed by atoms with van der Waals surface area (Å²) < 4.78 is 21.3. The van der Waals surface area contributed by atoms with Gasteiger partial charge in [0, 0.05) is 0 Å². The van der Waals surface area contributed by atoms with Crippen molar-refractivity contribution < 1.29 is 8.78 Å². The van der Waals surface area contributed by atoms with Crippen LogP contribution in [0.15, 0.2) is 11.5 Å². The smallest absolute Gasteiger partial charge is 0.181 e. The Labute approximate surface area is 33.9 Å². The minimum absolute atomic E-state index is 0.219. The fourth-order valence-corrected chi connectivity index (χ4v) is 0. The predicted molar refractivity (Wildman–Crippen MR) is 19.3 cm³/mol. The monoisotopic (exact) mass is 96.0 g/mol. The van der Waals surface area contributed by atoms with E-state index < -0.39 is 5.16 Å². The van der Waals surface area contributed by atoms with Crippen LogP contribution in [0.4, 0.5) is 8.78 Å². The first-order valence-electron chi connectivity index (χ1n) is 0.919. The van der Waals surface area contributed by atoms with Gasteiger partial charge in [0.05, 0.1) is 0 Å². The third-order valence-electron chi connectivity index (χ3n) is 0.0900. The number of hydrogen-bond acceptors (Lipinski definition) is 1. The van der Waals surface area contributed by atoms with Gasteiger partial charge in [0.1, 0.15) is 6.33 Å². The molecule has 30 valence electrons. The van der Waals surface area contributed by atoms with Crippen molar-refractivity contribution in [2.75, 3.05) is 0 Å². The van der Waals surface area contributed by atoms with Crippen molar-refractivity contribution >= 4 is 12.6 Å². The summed E-state index contributed by atoms with van der Waals surface area (Å²) in [6, 6.07) is 0. The van der Waals surface area contributed by atoms with Gasteiger partial charge < -0.3 is 0 Å². The van der Waals surface area contributed by atoms with Gasteiger partial charge in [-0.05, 0) is 0 Å². The summed E-state index contributed by atoms with van der Waals surface area (Å²) in [4.78, 5) is 0. The molecule has 0 saturated carbocycles. The minimum atomic E-state index is -1.09. The Balaban J connectivity index is 3.14. The average molecular weight is 96.1 g/mol. The molecule has 0 rings (SSSR count). The summed E-state index contributed by atoms with van der Waals surface area (Å²) in [5, 5.41) is -1.09. The third-order valence-corrected chi connectivity index (χ3v) is 0.188. The fraction of sp³-hybridized carbons (Fsp3) is 0. The van der Waals surface area contributed by atoms with E-state index in [0.717, 1.165) is 0 Å². The van der Waals surface area contributed by atoms with Crippen molar-refractivity contribution in [1.29, 1.82) is 0 Å². The highest BCUT2D eigenvalue weighted by Crippen LogP contribution is 1.98. The van der Waals surface area contributed by atoms with Crippen LogP contribution in [-0.4, -0.2) is 0 Å². The van der Waals surface area contributed by atoms with Gasteiger partial charge in [-0.15, -0.1) is 12.6 Å². The summed E-state index contributed by atoms with van der Waals surface area (Å²) in [6.07, 6.45) is -0.219. The van der Waals surface area contributed by atoms with Crippen molar-refractivity contribution in [3.05, 3.63) is 11.5 Å². The van der Waals surface area contributed by atoms with Gasteiger partial charge in [0.15, 0.2) is 5.16 Å². The molecule has 0 aliphatic rings. The Morgan fingerprint density at radius 1 is 1.80 bits per heavy atom. The van der Waals surface area contributed by atoms with Gasteiger partial charge in [0.25, 0.3) is 0 Å². The molecule has 0 aliphatic carbocycles. The molecule has 0 radical (unpaired) electrons. The van der Waals surface area contributed by atoms with Gasteiger partial charge in [-0.2, -0.15) is 4.39 Å². The first kappa shape index (κ1) is 4.95. The molecule has 0 aromatic carbocycles. The van der Waals surface area contributed by atoms with E-state index >= 15 is 0 Å². The molecular formula is C2H2F2S. The zero-order valence-corrected chi connectivity index (χ0v) is 3.17. The number of thiol groups is 1. The van der Waals surface area contributed by atoms with E-state index in [-0.39, 0.29) is 6.33 Å². The van der Waals surface area contributed by atoms with Crippen LogP contribution in [0.5, 0.6) is 0 Å². The van der Waals surface area contributed by atoms with Crippen molar-refractivity contribution in [3.8, 4) is 0 Å². The molecular weight excluding hydrogens is 94.1 g/mol. The van der Waals surface area contributed by atoms with E-state index in [9.17, 15) is 8.78 Å². The van der Waals surface area contributed by atoms with Crippen molar-refractivity contribution in [2.45, 2.75) is 0 Å². The summed E-state index contributed by atoms with van der Waals surface area (Å²) in [7, 11) is 0. The van der Waals surface area contributed by atoms with E-state index in [2.05, 4.69) is 12.6 Å². The van der Waals surface area contributed by atoms with Crippen LogP contribution >= 0.6 is 12.6 Å². The Bertz CT molecular complexity index is 45.6. The molecule has 0 fully saturated rings. The second kappa shape index (κ2) is 2.20. The van der Waals surface area contributed by atoms with Crippen LogP contribution in [0.1, 0.15) is 0 Å². The second-order valence-electron chi connectivity index (χ2n) is 0.432. The summed E-state index contributed by atoms with van der Waals surface area (Å²) in [5.41, 5.74) is 0. The quantitative estimate of drug-likeness (QED) is 0.435. The molecule has 0 unspecified atom stereocenters. The highest BCUT2D eigenvalue weighted by molar-refractivity contribution is 7.84. The average Bonchev–Trinajstić information content (AvgIpc) is 1.38. The molecule has 0 heterocycles. The SMILES string of the molecule is FC=C(F)S. The largest absolute Gasteiger partial charge is 0.212 e. The lowest BCUT2D eigenvalue weighted by Gasteiger charge is -1.64. The molecule has 0 spiro atoms. The van der Waals surface area contributed by atoms with E-state index in [1.807, 2.05) is 0 Å². The van der Waals surface area contributed by atoms with Gasteiger partial charge >= 0.3 is 0 Å². The molecule has 0 aromatic rings. The molecule has 0 saturated heterocycles. The van der Waals surface area contributed by atoms with Crippen LogP contribution < -0.4 is 0 Å². The molecule has 0 N–H and O–H groups in total. The first-order chi connectivity index (χ1) is 2.27. The Morgan fingerprint density at radius 2 is 2.00 bits per heavy atom. The van der Waals surface area contributed by atoms with Gasteiger partial charge in [-0.3, -0.25) is 0 Å². The van der Waals surface area contributed by atoms with Crippen LogP contribution in [0.2, 0.25) is 0 Å². The number of halogens is 2. The number of hydrogen-bond donors (Lipinski definition) is 1. The van der Waals surface area contributed by atoms with Crippen LogP contribution in [0, 0.1) is 0 Å². The molecule has 0 aromatic heterocycles. The van der Waals surface area contributed by atoms with E-state index in [1.165, 1.54) is 0 Å². The predicted octanol–water partition coefficient (Wildman–Crippen LogP) is 1.65. The first-order valence-corrected chi connectivity index (χ1v) is 1.37. The standard InChI is InChI=1S/C2H2F2S/c3-1-2(4)5/h1,5H. The summed E-state index contributed by atoms with van der Waals surface area (Å²) in [6.45, 7) is 0. The van der Waals surface area contributed by atoms with Gasteiger partial charge in [-0.1, -0.05) is 0 Å². The molecule has 3 heteroatoms. The zero-order valence-electron chi connectivity index (χ0n) is 2.28. The fourth-order valence-electron chi connectivity index (χ4n) is 0. The minimum Gasteiger partial charge on any atom is -0.212 e. The maximum absolute atomic E-state index is 10.8. The maximum atomic E-state index is 10.8. The van der Waals surface area contributed by atoms with Crippen LogP contribution in [0.3, 0.4) is 0 Å². The highest BCUT2D eigenvalue weighted by atomic mass is 32.1. The lowest BCUT2D eigenvalue weighted by molar-refractivity contribution is 0.632. The van der Waals surface area contributed by atoms with E-state index in [1.54, 1.807) is 0 Å². The third kappa shape index (κ3) is 3.95. The summed E-state index contributed by atoms with van der Waals surface area (Å²) in [5.74, 6) is 0. The topological polar surface area (TPSA) is 0 Å². The number of rotatable bonds is 0. The molecule has 0 aliphatic heterocycles. The second-order valence-corrected chi connectivity index (χ2v) is 0.859. The Kier molecular flexibility index (Phi) is 2.18. The lowest BCUT2D eigenvalue weighted by atomic mass is 11.2. The molecule has 0 bridgehead atoms. The Morgan fingerprint density at radius 3 is 2.00 bits per heavy atom. The van der Waals surface area contributed by atoms with Crippen molar-refractivity contribution in [3.63, 3.8) is 0 Å².